The van der Waals surface area contributed by atoms with E-state index in [9.17, 15) is 0 Å². The monoisotopic (exact) mass is 447 g/mol. The van der Waals surface area contributed by atoms with Crippen LogP contribution in [0.2, 0.25) is 0 Å². The van der Waals surface area contributed by atoms with Crippen molar-refractivity contribution < 1.29 is 4.74 Å². The Morgan fingerprint density at radius 3 is 2.47 bits per heavy atom. The van der Waals surface area contributed by atoms with Crippen molar-refractivity contribution in [2.75, 3.05) is 13.7 Å². The Labute approximate surface area is 200 Å². The highest BCUT2D eigenvalue weighted by Crippen LogP contribution is 2.31. The molecule has 0 aliphatic heterocycles. The van der Waals surface area contributed by atoms with Gasteiger partial charge in [-0.3, -0.25) is 0 Å². The lowest BCUT2D eigenvalue weighted by atomic mass is 10.0. The molecule has 0 saturated carbocycles. The highest BCUT2D eigenvalue weighted by Gasteiger charge is 2.10. The van der Waals surface area contributed by atoms with Crippen molar-refractivity contribution in [3.63, 3.8) is 0 Å². The molecule has 170 valence electrons. The molecule has 34 heavy (non-hydrogen) atoms. The van der Waals surface area contributed by atoms with Crippen molar-refractivity contribution >= 4 is 11.0 Å². The topological polar surface area (TPSA) is 49.9 Å². The standard InChI is InChI=1S/C30H29N3O/c1-34-21-24-9-5-7-22(15-24)13-14-31-18-23-8-6-12-26(16-23)29-20-33-30-28(29)17-27(19-32-30)25-10-3-2-4-11-25/h2-12,15-17,19-20,31H,13-14,18,21H2,1H3,(H,32,33). The van der Waals surface area contributed by atoms with Crippen LogP contribution in [0, 0.1) is 0 Å². The third kappa shape index (κ3) is 5.09. The van der Waals surface area contributed by atoms with Gasteiger partial charge in [0.15, 0.2) is 0 Å². The van der Waals surface area contributed by atoms with Crippen LogP contribution in [0.4, 0.5) is 0 Å². The van der Waals surface area contributed by atoms with E-state index in [-0.39, 0.29) is 0 Å². The largest absolute Gasteiger partial charge is 0.380 e. The van der Waals surface area contributed by atoms with Crippen molar-refractivity contribution in [1.29, 1.82) is 0 Å². The lowest BCUT2D eigenvalue weighted by Crippen LogP contribution is -2.16. The lowest BCUT2D eigenvalue weighted by Gasteiger charge is -2.09. The summed E-state index contributed by atoms with van der Waals surface area (Å²) < 4.78 is 5.24. The summed E-state index contributed by atoms with van der Waals surface area (Å²) in [7, 11) is 1.73. The van der Waals surface area contributed by atoms with E-state index in [1.54, 1.807) is 7.11 Å². The molecule has 2 N–H and O–H groups in total. The first-order chi connectivity index (χ1) is 16.8. The Morgan fingerprint density at radius 1 is 0.794 bits per heavy atom. The summed E-state index contributed by atoms with van der Waals surface area (Å²) in [6.07, 6.45) is 4.99. The number of hydrogen-bond acceptors (Lipinski definition) is 3. The van der Waals surface area contributed by atoms with Gasteiger partial charge in [0.1, 0.15) is 5.65 Å². The maximum absolute atomic E-state index is 5.24. The number of nitrogens with zero attached hydrogens (tertiary/aromatic N) is 1. The van der Waals surface area contributed by atoms with E-state index in [4.69, 9.17) is 4.74 Å². The summed E-state index contributed by atoms with van der Waals surface area (Å²) in [5, 5.41) is 4.73. The fourth-order valence-electron chi connectivity index (χ4n) is 4.39. The van der Waals surface area contributed by atoms with Gasteiger partial charge in [-0.05, 0) is 52.9 Å². The highest BCUT2D eigenvalue weighted by atomic mass is 16.5. The summed E-state index contributed by atoms with van der Waals surface area (Å²) in [5.74, 6) is 0. The van der Waals surface area contributed by atoms with E-state index >= 15 is 0 Å². The number of fused-ring (bicyclic) bond motifs is 1. The van der Waals surface area contributed by atoms with Crippen molar-refractivity contribution in [1.82, 2.24) is 15.3 Å². The summed E-state index contributed by atoms with van der Waals surface area (Å²) in [5.41, 5.74) is 9.41. The van der Waals surface area contributed by atoms with Crippen LogP contribution in [0.3, 0.4) is 0 Å². The summed E-state index contributed by atoms with van der Waals surface area (Å²) >= 11 is 0. The zero-order valence-corrected chi connectivity index (χ0v) is 19.4. The van der Waals surface area contributed by atoms with Gasteiger partial charge >= 0.3 is 0 Å². The third-order valence-corrected chi connectivity index (χ3v) is 6.10. The van der Waals surface area contributed by atoms with Crippen molar-refractivity contribution in [2.45, 2.75) is 19.6 Å². The first-order valence-corrected chi connectivity index (χ1v) is 11.7. The molecule has 0 unspecified atom stereocenters. The molecule has 0 spiro atoms. The molecular formula is C30H29N3O. The van der Waals surface area contributed by atoms with Crippen molar-refractivity contribution in [3.8, 4) is 22.3 Å². The van der Waals surface area contributed by atoms with Crippen LogP contribution in [0.25, 0.3) is 33.3 Å². The smallest absolute Gasteiger partial charge is 0.137 e. The number of nitrogens with one attached hydrogen (secondary N) is 2. The minimum absolute atomic E-state index is 0.657. The van der Waals surface area contributed by atoms with E-state index in [1.165, 1.54) is 33.4 Å². The average Bonchev–Trinajstić information content (AvgIpc) is 3.31. The van der Waals surface area contributed by atoms with Crippen LogP contribution in [0.5, 0.6) is 0 Å². The molecule has 2 aromatic heterocycles. The second-order valence-corrected chi connectivity index (χ2v) is 8.57. The summed E-state index contributed by atoms with van der Waals surface area (Å²) in [6, 6.07) is 30.0. The quantitative estimate of drug-likeness (QED) is 0.258. The number of benzene rings is 3. The Kier molecular flexibility index (Phi) is 6.80. The Hall–Kier alpha value is -3.73. The third-order valence-electron chi connectivity index (χ3n) is 6.10. The molecule has 0 aliphatic carbocycles. The predicted octanol–water partition coefficient (Wildman–Crippen LogP) is 6.38. The van der Waals surface area contributed by atoms with Gasteiger partial charge in [-0.15, -0.1) is 0 Å². The fraction of sp³-hybridized carbons (Fsp3) is 0.167. The molecular weight excluding hydrogens is 418 g/mol. The van der Waals surface area contributed by atoms with E-state index < -0.39 is 0 Å². The van der Waals surface area contributed by atoms with Crippen molar-refractivity contribution in [2.24, 2.45) is 0 Å². The normalized spacial score (nSPS) is 11.2. The van der Waals surface area contributed by atoms with Crippen LogP contribution in [-0.4, -0.2) is 23.6 Å². The van der Waals surface area contributed by atoms with Gasteiger partial charge in [0.25, 0.3) is 0 Å². The molecule has 0 amide bonds. The first-order valence-electron chi connectivity index (χ1n) is 11.7. The SMILES string of the molecule is COCc1cccc(CCNCc2cccc(-c3c[nH]c4ncc(-c5ccccc5)cc34)c2)c1. The second-order valence-electron chi connectivity index (χ2n) is 8.57. The van der Waals surface area contributed by atoms with E-state index in [0.717, 1.165) is 36.1 Å². The van der Waals surface area contributed by atoms with Crippen LogP contribution in [0.15, 0.2) is 97.3 Å². The van der Waals surface area contributed by atoms with E-state index in [2.05, 4.69) is 100 Å². The van der Waals surface area contributed by atoms with Gasteiger partial charge in [-0.25, -0.2) is 4.98 Å². The molecule has 0 atom stereocenters. The molecule has 5 rings (SSSR count). The highest BCUT2D eigenvalue weighted by molar-refractivity contribution is 5.95. The number of methoxy groups -OCH3 is 1. The Morgan fingerprint density at radius 2 is 1.59 bits per heavy atom. The number of hydrogen-bond donors (Lipinski definition) is 2. The Balaban J connectivity index is 1.28. The first kappa shape index (κ1) is 22.1. The van der Waals surface area contributed by atoms with E-state index in [0.29, 0.717) is 6.61 Å². The zero-order valence-electron chi connectivity index (χ0n) is 19.4. The van der Waals surface area contributed by atoms with Gasteiger partial charge in [0.05, 0.1) is 6.61 Å². The number of aromatic amines is 1. The number of ether oxygens (including phenoxy) is 1. The number of rotatable bonds is 9. The fourth-order valence-corrected chi connectivity index (χ4v) is 4.39. The molecule has 4 heteroatoms. The molecule has 0 radical (unpaired) electrons. The predicted molar refractivity (Wildman–Crippen MR) is 140 cm³/mol. The maximum atomic E-state index is 5.24. The maximum Gasteiger partial charge on any atom is 0.137 e. The molecule has 3 aromatic carbocycles. The van der Waals surface area contributed by atoms with Crippen LogP contribution < -0.4 is 5.32 Å². The van der Waals surface area contributed by atoms with Gasteiger partial charge in [-0.1, -0.05) is 72.8 Å². The number of H-pyrrole nitrogens is 1. The molecule has 5 aromatic rings. The number of aromatic nitrogens is 2. The number of pyridine rings is 1. The Bertz CT molecular complexity index is 1370. The molecule has 2 heterocycles. The van der Waals surface area contributed by atoms with Crippen molar-refractivity contribution in [3.05, 3.63) is 114 Å². The minimum atomic E-state index is 0.657. The van der Waals surface area contributed by atoms with Gasteiger partial charge < -0.3 is 15.0 Å². The van der Waals surface area contributed by atoms with Crippen LogP contribution >= 0.6 is 0 Å². The van der Waals surface area contributed by atoms with Gasteiger partial charge in [0.2, 0.25) is 0 Å². The van der Waals surface area contributed by atoms with Crippen LogP contribution in [-0.2, 0) is 24.3 Å². The zero-order chi connectivity index (χ0) is 23.2. The molecule has 0 bridgehead atoms. The molecule has 0 saturated heterocycles. The van der Waals surface area contributed by atoms with Crippen LogP contribution in [0.1, 0.15) is 16.7 Å². The lowest BCUT2D eigenvalue weighted by molar-refractivity contribution is 0.185. The van der Waals surface area contributed by atoms with Gasteiger partial charge in [0, 0.05) is 42.6 Å². The average molecular weight is 448 g/mol. The molecule has 0 aliphatic rings. The second kappa shape index (κ2) is 10.5. The molecule has 0 fully saturated rings. The minimum Gasteiger partial charge on any atom is -0.380 e. The summed E-state index contributed by atoms with van der Waals surface area (Å²) in [4.78, 5) is 7.99. The molecule has 4 nitrogen and oxygen atoms in total. The summed E-state index contributed by atoms with van der Waals surface area (Å²) in [6.45, 7) is 2.42. The van der Waals surface area contributed by atoms with Gasteiger partial charge in [-0.2, -0.15) is 0 Å². The van der Waals surface area contributed by atoms with E-state index in [1.807, 2.05) is 12.3 Å².